The van der Waals surface area contributed by atoms with Crippen LogP contribution in [0.4, 0.5) is 0 Å². The summed E-state index contributed by atoms with van der Waals surface area (Å²) in [6.45, 7) is 2.25. The second-order valence-corrected chi connectivity index (χ2v) is 6.30. The average Bonchev–Trinajstić information content (AvgIpc) is 3.28. The highest BCUT2D eigenvalue weighted by atomic mass is 16.6. The van der Waals surface area contributed by atoms with Crippen molar-refractivity contribution in [1.82, 2.24) is 0 Å². The van der Waals surface area contributed by atoms with Crippen molar-refractivity contribution in [3.63, 3.8) is 0 Å². The van der Waals surface area contributed by atoms with Gasteiger partial charge in [-0.05, 0) is 25.7 Å². The van der Waals surface area contributed by atoms with Gasteiger partial charge in [0, 0.05) is 6.42 Å². The Morgan fingerprint density at radius 1 is 1.05 bits per heavy atom. The summed E-state index contributed by atoms with van der Waals surface area (Å²) in [5.74, 6) is -0.0873. The molecule has 0 bridgehead atoms. The van der Waals surface area contributed by atoms with Gasteiger partial charge in [0.25, 0.3) is 0 Å². The monoisotopic (exact) mass is 310 g/mol. The van der Waals surface area contributed by atoms with Crippen molar-refractivity contribution >= 4 is 5.97 Å². The van der Waals surface area contributed by atoms with E-state index in [9.17, 15) is 4.79 Å². The Balaban J connectivity index is 1.83. The zero-order valence-corrected chi connectivity index (χ0v) is 14.5. The lowest BCUT2D eigenvalue weighted by Crippen LogP contribution is -1.99. The van der Waals surface area contributed by atoms with E-state index in [1.807, 2.05) is 0 Å². The smallest absolute Gasteiger partial charge is 0.305 e. The SMILES string of the molecule is CCCCCC/C=C/C1OC1CCCCCCCC(=O)OC. The summed E-state index contributed by atoms with van der Waals surface area (Å²) in [4.78, 5) is 10.9. The Hall–Kier alpha value is -0.830. The summed E-state index contributed by atoms with van der Waals surface area (Å²) in [7, 11) is 1.45. The predicted octanol–water partition coefficient (Wildman–Crippen LogP) is 5.18. The largest absolute Gasteiger partial charge is 0.469 e. The second-order valence-electron chi connectivity index (χ2n) is 6.30. The minimum Gasteiger partial charge on any atom is -0.469 e. The number of ether oxygens (including phenoxy) is 2. The topological polar surface area (TPSA) is 38.8 Å². The molecular weight excluding hydrogens is 276 g/mol. The first-order chi connectivity index (χ1) is 10.8. The number of esters is 1. The molecule has 22 heavy (non-hydrogen) atoms. The number of allylic oxidation sites excluding steroid dienone is 1. The molecule has 0 radical (unpaired) electrons. The highest BCUT2D eigenvalue weighted by Crippen LogP contribution is 2.28. The van der Waals surface area contributed by atoms with Crippen LogP contribution in [0.15, 0.2) is 12.2 Å². The Labute approximate surface area is 136 Å². The van der Waals surface area contributed by atoms with E-state index in [1.54, 1.807) is 0 Å². The number of rotatable bonds is 14. The van der Waals surface area contributed by atoms with Crippen molar-refractivity contribution in [2.45, 2.75) is 96.2 Å². The van der Waals surface area contributed by atoms with Gasteiger partial charge in [0.05, 0.1) is 13.2 Å². The molecule has 1 saturated heterocycles. The molecule has 128 valence electrons. The van der Waals surface area contributed by atoms with Crippen molar-refractivity contribution in [3.05, 3.63) is 12.2 Å². The molecule has 0 aromatic rings. The first-order valence-corrected chi connectivity index (χ1v) is 9.17. The van der Waals surface area contributed by atoms with Crippen molar-refractivity contribution in [3.8, 4) is 0 Å². The van der Waals surface area contributed by atoms with Gasteiger partial charge < -0.3 is 9.47 Å². The van der Waals surface area contributed by atoms with Crippen LogP contribution in [0.25, 0.3) is 0 Å². The fourth-order valence-electron chi connectivity index (χ4n) is 2.72. The van der Waals surface area contributed by atoms with Crippen LogP contribution in [-0.2, 0) is 14.3 Å². The van der Waals surface area contributed by atoms with Gasteiger partial charge in [-0.15, -0.1) is 0 Å². The number of unbranched alkanes of at least 4 members (excludes halogenated alkanes) is 8. The molecule has 0 amide bonds. The molecule has 0 spiro atoms. The maximum absolute atomic E-state index is 10.9. The maximum Gasteiger partial charge on any atom is 0.305 e. The third kappa shape index (κ3) is 9.99. The van der Waals surface area contributed by atoms with Crippen LogP contribution < -0.4 is 0 Å². The Kier molecular flexibility index (Phi) is 11.1. The molecule has 1 fully saturated rings. The minimum absolute atomic E-state index is 0.0873. The van der Waals surface area contributed by atoms with E-state index in [2.05, 4.69) is 23.8 Å². The highest BCUT2D eigenvalue weighted by molar-refractivity contribution is 5.68. The Morgan fingerprint density at radius 3 is 2.55 bits per heavy atom. The van der Waals surface area contributed by atoms with Gasteiger partial charge in [0.2, 0.25) is 0 Å². The first kappa shape index (κ1) is 19.2. The molecule has 0 aromatic carbocycles. The van der Waals surface area contributed by atoms with E-state index < -0.39 is 0 Å². The van der Waals surface area contributed by atoms with Crippen LogP contribution in [-0.4, -0.2) is 25.3 Å². The number of hydrogen-bond donors (Lipinski definition) is 0. The molecule has 3 nitrogen and oxygen atoms in total. The fourth-order valence-corrected chi connectivity index (χ4v) is 2.72. The zero-order chi connectivity index (χ0) is 16.0. The number of carbonyl (C=O) groups excluding carboxylic acids is 1. The van der Waals surface area contributed by atoms with E-state index in [4.69, 9.17) is 4.74 Å². The molecule has 1 rings (SSSR count). The summed E-state index contributed by atoms with van der Waals surface area (Å²) in [6.07, 6.45) is 19.5. The van der Waals surface area contributed by atoms with Crippen LogP contribution in [0, 0.1) is 0 Å². The van der Waals surface area contributed by atoms with Gasteiger partial charge in [0.1, 0.15) is 6.10 Å². The standard InChI is InChI=1S/C19H34O3/c1-3-4-5-6-8-11-14-17-18(22-17)15-12-9-7-10-13-16-19(20)21-2/h11,14,17-18H,3-10,12-13,15-16H2,1-2H3/b14-11+. The van der Waals surface area contributed by atoms with Crippen molar-refractivity contribution in [1.29, 1.82) is 0 Å². The molecule has 0 aliphatic carbocycles. The van der Waals surface area contributed by atoms with Crippen LogP contribution in [0.3, 0.4) is 0 Å². The Bertz CT molecular complexity index is 312. The van der Waals surface area contributed by atoms with Crippen molar-refractivity contribution in [2.24, 2.45) is 0 Å². The van der Waals surface area contributed by atoms with Crippen LogP contribution in [0.1, 0.15) is 84.0 Å². The van der Waals surface area contributed by atoms with E-state index in [1.165, 1.54) is 64.9 Å². The summed E-state index contributed by atoms with van der Waals surface area (Å²) < 4.78 is 10.3. The quantitative estimate of drug-likeness (QED) is 0.192. The number of methoxy groups -OCH3 is 1. The fraction of sp³-hybridized carbons (Fsp3) is 0.842. The van der Waals surface area contributed by atoms with Crippen molar-refractivity contribution in [2.75, 3.05) is 7.11 Å². The van der Waals surface area contributed by atoms with E-state index in [-0.39, 0.29) is 5.97 Å². The summed E-state index contributed by atoms with van der Waals surface area (Å²) in [6, 6.07) is 0. The van der Waals surface area contributed by atoms with Crippen LogP contribution in [0.5, 0.6) is 0 Å². The lowest BCUT2D eigenvalue weighted by atomic mass is 10.1. The lowest BCUT2D eigenvalue weighted by molar-refractivity contribution is -0.140. The summed E-state index contributed by atoms with van der Waals surface area (Å²) >= 11 is 0. The third-order valence-corrected chi connectivity index (χ3v) is 4.27. The second kappa shape index (κ2) is 12.7. The van der Waals surface area contributed by atoms with Crippen LogP contribution in [0.2, 0.25) is 0 Å². The van der Waals surface area contributed by atoms with Crippen molar-refractivity contribution < 1.29 is 14.3 Å². The Morgan fingerprint density at radius 2 is 1.77 bits per heavy atom. The minimum atomic E-state index is -0.0873. The number of hydrogen-bond acceptors (Lipinski definition) is 3. The molecular formula is C19H34O3. The molecule has 1 heterocycles. The van der Waals surface area contributed by atoms with E-state index >= 15 is 0 Å². The predicted molar refractivity (Wildman–Crippen MR) is 90.9 cm³/mol. The summed E-state index contributed by atoms with van der Waals surface area (Å²) in [5.41, 5.74) is 0. The normalized spacial score (nSPS) is 20.5. The molecule has 0 saturated carbocycles. The molecule has 2 atom stereocenters. The molecule has 0 N–H and O–H groups in total. The van der Waals surface area contributed by atoms with Gasteiger partial charge in [-0.1, -0.05) is 64.0 Å². The van der Waals surface area contributed by atoms with Gasteiger partial charge >= 0.3 is 5.97 Å². The molecule has 3 heteroatoms. The maximum atomic E-state index is 10.9. The third-order valence-electron chi connectivity index (χ3n) is 4.27. The summed E-state index contributed by atoms with van der Waals surface area (Å²) in [5, 5.41) is 0. The highest BCUT2D eigenvalue weighted by Gasteiger charge is 2.35. The number of carbonyl (C=O) groups is 1. The van der Waals surface area contributed by atoms with E-state index in [0.29, 0.717) is 18.6 Å². The molecule has 1 aliphatic rings. The first-order valence-electron chi connectivity index (χ1n) is 9.17. The van der Waals surface area contributed by atoms with Crippen LogP contribution >= 0.6 is 0 Å². The lowest BCUT2D eigenvalue weighted by Gasteiger charge is -2.00. The zero-order valence-electron chi connectivity index (χ0n) is 14.5. The average molecular weight is 310 g/mol. The van der Waals surface area contributed by atoms with Gasteiger partial charge in [-0.25, -0.2) is 0 Å². The molecule has 0 aromatic heterocycles. The molecule has 2 unspecified atom stereocenters. The molecule has 1 aliphatic heterocycles. The van der Waals surface area contributed by atoms with Gasteiger partial charge in [0.15, 0.2) is 0 Å². The van der Waals surface area contributed by atoms with Gasteiger partial charge in [-0.3, -0.25) is 4.79 Å². The van der Waals surface area contributed by atoms with Gasteiger partial charge in [-0.2, -0.15) is 0 Å². The van der Waals surface area contributed by atoms with E-state index in [0.717, 1.165) is 12.8 Å². The number of epoxide rings is 1.